The van der Waals surface area contributed by atoms with Gasteiger partial charge in [-0.25, -0.2) is 0 Å². The van der Waals surface area contributed by atoms with Crippen molar-refractivity contribution in [2.24, 2.45) is 0 Å². The first kappa shape index (κ1) is 12.7. The summed E-state index contributed by atoms with van der Waals surface area (Å²) in [6, 6.07) is 9.39. The Balaban J connectivity index is 2.66. The fourth-order valence-electron chi connectivity index (χ4n) is 1.18. The van der Waals surface area contributed by atoms with Crippen LogP contribution in [-0.4, -0.2) is 24.2 Å². The molecule has 0 bridgehead atoms. The summed E-state index contributed by atoms with van der Waals surface area (Å²) in [5, 5.41) is 12.3. The summed E-state index contributed by atoms with van der Waals surface area (Å²) in [4.78, 5) is 11.0. The Morgan fingerprint density at radius 3 is 2.69 bits per heavy atom. The van der Waals surface area contributed by atoms with Crippen LogP contribution in [0.4, 0.5) is 0 Å². The molecule has 86 valence electrons. The summed E-state index contributed by atoms with van der Waals surface area (Å²) < 4.78 is 0. The lowest BCUT2D eigenvalue weighted by atomic mass is 10.1. The zero-order valence-electron chi connectivity index (χ0n) is 8.98. The maximum absolute atomic E-state index is 11.0. The van der Waals surface area contributed by atoms with E-state index in [1.165, 1.54) is 7.05 Å². The molecule has 3 nitrogen and oxygen atoms in total. The third kappa shape index (κ3) is 4.04. The Bertz CT molecular complexity index is 376. The zero-order valence-corrected chi connectivity index (χ0v) is 9.74. The topological polar surface area (TPSA) is 49.3 Å². The Hall–Kier alpha value is -1.32. The Morgan fingerprint density at radius 1 is 1.50 bits per heavy atom. The smallest absolute Gasteiger partial charge is 0.222 e. The molecule has 1 rings (SSSR count). The molecule has 16 heavy (non-hydrogen) atoms. The van der Waals surface area contributed by atoms with Crippen LogP contribution in [0.25, 0.3) is 6.08 Å². The molecule has 0 fully saturated rings. The van der Waals surface area contributed by atoms with Crippen molar-refractivity contribution in [1.29, 1.82) is 0 Å². The quantitative estimate of drug-likeness (QED) is 0.841. The highest BCUT2D eigenvalue weighted by molar-refractivity contribution is 6.32. The molecule has 0 heterocycles. The SMILES string of the molecule is CNC(=O)CC(O)C(Cl)=Cc1ccccc1. The van der Waals surface area contributed by atoms with Crippen LogP contribution in [0, 0.1) is 0 Å². The van der Waals surface area contributed by atoms with Crippen molar-refractivity contribution in [1.82, 2.24) is 5.32 Å². The first-order valence-corrected chi connectivity index (χ1v) is 5.32. The number of halogens is 1. The van der Waals surface area contributed by atoms with E-state index in [9.17, 15) is 9.90 Å². The summed E-state index contributed by atoms with van der Waals surface area (Å²) in [6.45, 7) is 0. The third-order valence-corrected chi connectivity index (χ3v) is 2.44. The standard InChI is InChI=1S/C12H14ClNO2/c1-14-12(16)8-11(15)10(13)7-9-5-3-2-4-6-9/h2-7,11,15H,8H2,1H3,(H,14,16). The molecular weight excluding hydrogens is 226 g/mol. The van der Waals surface area contributed by atoms with E-state index in [1.54, 1.807) is 6.08 Å². The number of amides is 1. The highest BCUT2D eigenvalue weighted by Gasteiger charge is 2.12. The van der Waals surface area contributed by atoms with Gasteiger partial charge in [-0.15, -0.1) is 0 Å². The fourth-order valence-corrected chi connectivity index (χ4v) is 1.38. The van der Waals surface area contributed by atoms with Crippen molar-refractivity contribution in [3.8, 4) is 0 Å². The molecule has 1 amide bonds. The van der Waals surface area contributed by atoms with Crippen LogP contribution >= 0.6 is 11.6 Å². The highest BCUT2D eigenvalue weighted by atomic mass is 35.5. The number of carbonyl (C=O) groups is 1. The van der Waals surface area contributed by atoms with Crippen LogP contribution < -0.4 is 5.32 Å². The number of aliphatic hydroxyl groups is 1. The molecule has 1 unspecified atom stereocenters. The number of carbonyl (C=O) groups excluding carboxylic acids is 1. The van der Waals surface area contributed by atoms with Gasteiger partial charge in [0.2, 0.25) is 5.91 Å². The van der Waals surface area contributed by atoms with Crippen LogP contribution in [-0.2, 0) is 4.79 Å². The van der Waals surface area contributed by atoms with E-state index < -0.39 is 6.10 Å². The third-order valence-electron chi connectivity index (χ3n) is 2.08. The summed E-state index contributed by atoms with van der Waals surface area (Å²) in [6.07, 6.45) is 0.662. The molecular formula is C12H14ClNO2. The largest absolute Gasteiger partial charge is 0.387 e. The number of rotatable bonds is 4. The molecule has 0 spiro atoms. The second kappa shape index (κ2) is 6.30. The number of hydrogen-bond acceptors (Lipinski definition) is 2. The van der Waals surface area contributed by atoms with E-state index in [4.69, 9.17) is 11.6 Å². The normalized spacial score (nSPS) is 13.3. The molecule has 0 aliphatic carbocycles. The molecule has 0 saturated carbocycles. The summed E-state index contributed by atoms with van der Waals surface area (Å²) in [5.41, 5.74) is 0.892. The molecule has 1 aromatic carbocycles. The van der Waals surface area contributed by atoms with Gasteiger partial charge in [0.05, 0.1) is 12.5 Å². The minimum atomic E-state index is -0.957. The zero-order chi connectivity index (χ0) is 12.0. The van der Waals surface area contributed by atoms with Gasteiger partial charge in [0.15, 0.2) is 0 Å². The fraction of sp³-hybridized carbons (Fsp3) is 0.250. The first-order chi connectivity index (χ1) is 7.63. The van der Waals surface area contributed by atoms with Gasteiger partial charge in [-0.05, 0) is 11.6 Å². The predicted octanol–water partition coefficient (Wildman–Crippen LogP) is 1.76. The van der Waals surface area contributed by atoms with E-state index in [0.29, 0.717) is 0 Å². The van der Waals surface area contributed by atoms with Gasteiger partial charge < -0.3 is 10.4 Å². The van der Waals surface area contributed by atoms with Crippen molar-refractivity contribution >= 4 is 23.6 Å². The molecule has 0 aromatic heterocycles. The number of nitrogens with one attached hydrogen (secondary N) is 1. The molecule has 0 saturated heterocycles. The first-order valence-electron chi connectivity index (χ1n) is 4.94. The molecule has 2 N–H and O–H groups in total. The minimum absolute atomic E-state index is 0.0291. The van der Waals surface area contributed by atoms with Gasteiger partial charge >= 0.3 is 0 Å². The van der Waals surface area contributed by atoms with Crippen LogP contribution in [0.5, 0.6) is 0 Å². The Kier molecular flexibility index (Phi) is 5.02. The lowest BCUT2D eigenvalue weighted by Crippen LogP contribution is -2.23. The Labute approximate surface area is 99.7 Å². The molecule has 0 aliphatic rings. The highest BCUT2D eigenvalue weighted by Crippen LogP contribution is 2.16. The summed E-state index contributed by atoms with van der Waals surface area (Å²) >= 11 is 5.90. The summed E-state index contributed by atoms with van der Waals surface area (Å²) in [7, 11) is 1.52. The van der Waals surface area contributed by atoms with Crippen LogP contribution in [0.15, 0.2) is 35.4 Å². The van der Waals surface area contributed by atoms with Crippen LogP contribution in [0.1, 0.15) is 12.0 Å². The van der Waals surface area contributed by atoms with Crippen molar-refractivity contribution in [2.75, 3.05) is 7.05 Å². The molecule has 0 aliphatic heterocycles. The van der Waals surface area contributed by atoms with Gasteiger partial charge in [-0.2, -0.15) is 0 Å². The molecule has 1 atom stereocenters. The summed E-state index contributed by atoms with van der Waals surface area (Å²) in [5.74, 6) is -0.243. The average molecular weight is 240 g/mol. The van der Waals surface area contributed by atoms with E-state index in [2.05, 4.69) is 5.32 Å². The van der Waals surface area contributed by atoms with E-state index in [-0.39, 0.29) is 17.4 Å². The van der Waals surface area contributed by atoms with Gasteiger partial charge in [0.1, 0.15) is 0 Å². The van der Waals surface area contributed by atoms with Crippen molar-refractivity contribution in [3.63, 3.8) is 0 Å². The average Bonchev–Trinajstić information content (AvgIpc) is 2.30. The van der Waals surface area contributed by atoms with E-state index >= 15 is 0 Å². The maximum Gasteiger partial charge on any atom is 0.222 e. The molecule has 0 radical (unpaired) electrons. The van der Waals surface area contributed by atoms with E-state index in [0.717, 1.165) is 5.56 Å². The second-order valence-electron chi connectivity index (χ2n) is 3.33. The number of hydrogen-bond donors (Lipinski definition) is 2. The van der Waals surface area contributed by atoms with Crippen molar-refractivity contribution in [3.05, 3.63) is 40.9 Å². The van der Waals surface area contributed by atoms with Gasteiger partial charge in [-0.1, -0.05) is 41.9 Å². The van der Waals surface area contributed by atoms with Gasteiger partial charge in [0.25, 0.3) is 0 Å². The van der Waals surface area contributed by atoms with Crippen LogP contribution in [0.2, 0.25) is 0 Å². The Morgan fingerprint density at radius 2 is 2.12 bits per heavy atom. The van der Waals surface area contributed by atoms with Crippen molar-refractivity contribution in [2.45, 2.75) is 12.5 Å². The van der Waals surface area contributed by atoms with Gasteiger partial charge in [0, 0.05) is 12.1 Å². The van der Waals surface area contributed by atoms with Gasteiger partial charge in [-0.3, -0.25) is 4.79 Å². The monoisotopic (exact) mass is 239 g/mol. The number of aliphatic hydroxyl groups excluding tert-OH is 1. The van der Waals surface area contributed by atoms with Crippen molar-refractivity contribution < 1.29 is 9.90 Å². The van der Waals surface area contributed by atoms with E-state index in [1.807, 2.05) is 30.3 Å². The number of benzene rings is 1. The second-order valence-corrected chi connectivity index (χ2v) is 3.77. The lowest BCUT2D eigenvalue weighted by molar-refractivity contribution is -0.121. The predicted molar refractivity (Wildman–Crippen MR) is 65.0 cm³/mol. The van der Waals surface area contributed by atoms with Crippen LogP contribution in [0.3, 0.4) is 0 Å². The minimum Gasteiger partial charge on any atom is -0.387 e. The maximum atomic E-state index is 11.0. The molecule has 1 aromatic rings. The molecule has 4 heteroatoms. The lowest BCUT2D eigenvalue weighted by Gasteiger charge is -2.08.